The van der Waals surface area contributed by atoms with Crippen LogP contribution in [0.2, 0.25) is 0 Å². The lowest BCUT2D eigenvalue weighted by molar-refractivity contribution is -0.115. The van der Waals surface area contributed by atoms with Crippen molar-refractivity contribution in [3.8, 4) is 0 Å². The van der Waals surface area contributed by atoms with E-state index in [1.165, 1.54) is 0 Å². The summed E-state index contributed by atoms with van der Waals surface area (Å²) < 4.78 is 0. The molecule has 2 aromatic rings. The number of aromatic nitrogens is 1. The van der Waals surface area contributed by atoms with E-state index in [1.54, 1.807) is 43.6 Å². The molecule has 1 aliphatic rings. The lowest BCUT2D eigenvalue weighted by Crippen LogP contribution is -2.48. The number of anilines is 1. The largest absolute Gasteiger partial charge is 0.329 e. The number of hydrogen-bond acceptors (Lipinski definition) is 4. The molecule has 0 saturated carbocycles. The Balaban J connectivity index is 1.83. The summed E-state index contributed by atoms with van der Waals surface area (Å²) in [5.74, 6) is -0.108. The topological polar surface area (TPSA) is 74.3 Å². The molecular weight excluding hydrogens is 316 g/mol. The Hall–Kier alpha value is -2.73. The Morgan fingerprint density at radius 2 is 2.20 bits per heavy atom. The van der Waals surface area contributed by atoms with Crippen molar-refractivity contribution in [2.75, 3.05) is 25.0 Å². The Morgan fingerprint density at radius 3 is 2.96 bits per heavy atom. The van der Waals surface area contributed by atoms with Gasteiger partial charge in [-0.3, -0.25) is 14.6 Å². The minimum absolute atomic E-state index is 0.0389. The smallest absolute Gasteiger partial charge is 0.254 e. The first-order valence-corrected chi connectivity index (χ1v) is 8.50. The van der Waals surface area contributed by atoms with Crippen LogP contribution in [0.5, 0.6) is 0 Å². The Bertz CT molecular complexity index is 748. The lowest BCUT2D eigenvalue weighted by Gasteiger charge is -2.36. The van der Waals surface area contributed by atoms with Gasteiger partial charge in [-0.15, -0.1) is 0 Å². The normalized spacial score (nSPS) is 17.2. The number of rotatable bonds is 4. The molecule has 1 atom stereocenters. The second-order valence-corrected chi connectivity index (χ2v) is 5.99. The van der Waals surface area contributed by atoms with Crippen molar-refractivity contribution in [3.63, 3.8) is 0 Å². The maximum absolute atomic E-state index is 13.1. The van der Waals surface area contributed by atoms with E-state index in [1.807, 2.05) is 17.0 Å². The summed E-state index contributed by atoms with van der Waals surface area (Å²) >= 11 is 0. The molecule has 1 fully saturated rings. The predicted molar refractivity (Wildman–Crippen MR) is 96.2 cm³/mol. The molecule has 2 amide bonds. The number of piperazine rings is 1. The molecule has 6 heteroatoms. The molecule has 25 heavy (non-hydrogen) atoms. The van der Waals surface area contributed by atoms with Gasteiger partial charge in [0.1, 0.15) is 0 Å². The van der Waals surface area contributed by atoms with Crippen LogP contribution >= 0.6 is 0 Å². The zero-order valence-electron chi connectivity index (χ0n) is 14.2. The SMILES string of the molecule is CCC(=O)Nc1cccc(C(=O)N2CCNCC2c2cccnc2)c1. The van der Waals surface area contributed by atoms with Crippen molar-refractivity contribution in [3.05, 3.63) is 59.9 Å². The van der Waals surface area contributed by atoms with Gasteiger partial charge in [0, 0.05) is 49.7 Å². The minimum atomic E-state index is -0.0694. The molecule has 2 N–H and O–H groups in total. The molecule has 1 saturated heterocycles. The summed E-state index contributed by atoms with van der Waals surface area (Å²) in [6.07, 6.45) is 3.93. The first-order valence-electron chi connectivity index (χ1n) is 8.50. The molecule has 1 unspecified atom stereocenters. The molecule has 1 aromatic heterocycles. The van der Waals surface area contributed by atoms with Crippen LogP contribution in [0, 0.1) is 0 Å². The highest BCUT2D eigenvalue weighted by molar-refractivity contribution is 5.97. The second-order valence-electron chi connectivity index (χ2n) is 5.99. The van der Waals surface area contributed by atoms with Gasteiger partial charge in [0.05, 0.1) is 6.04 Å². The number of benzene rings is 1. The summed E-state index contributed by atoms with van der Waals surface area (Å²) in [5.41, 5.74) is 2.23. The highest BCUT2D eigenvalue weighted by Crippen LogP contribution is 2.24. The summed E-state index contributed by atoms with van der Waals surface area (Å²) in [4.78, 5) is 30.7. The Kier molecular flexibility index (Phi) is 5.40. The lowest BCUT2D eigenvalue weighted by atomic mass is 10.0. The summed E-state index contributed by atoms with van der Waals surface area (Å²) in [5, 5.41) is 6.14. The van der Waals surface area contributed by atoms with Crippen molar-refractivity contribution in [1.82, 2.24) is 15.2 Å². The Morgan fingerprint density at radius 1 is 1.32 bits per heavy atom. The number of hydrogen-bond donors (Lipinski definition) is 2. The van der Waals surface area contributed by atoms with Crippen LogP contribution in [0.25, 0.3) is 0 Å². The van der Waals surface area contributed by atoms with Crippen molar-refractivity contribution in [1.29, 1.82) is 0 Å². The molecule has 0 spiro atoms. The van der Waals surface area contributed by atoms with Crippen LogP contribution < -0.4 is 10.6 Å². The van der Waals surface area contributed by atoms with Crippen LogP contribution in [0.4, 0.5) is 5.69 Å². The molecule has 2 heterocycles. The third kappa shape index (κ3) is 4.03. The van der Waals surface area contributed by atoms with E-state index in [0.29, 0.717) is 30.8 Å². The van der Waals surface area contributed by atoms with Gasteiger partial charge >= 0.3 is 0 Å². The fourth-order valence-corrected chi connectivity index (χ4v) is 2.96. The van der Waals surface area contributed by atoms with Gasteiger partial charge in [-0.2, -0.15) is 0 Å². The number of nitrogens with one attached hydrogen (secondary N) is 2. The van der Waals surface area contributed by atoms with Gasteiger partial charge in [0.2, 0.25) is 5.91 Å². The molecule has 130 valence electrons. The van der Waals surface area contributed by atoms with E-state index < -0.39 is 0 Å². The summed E-state index contributed by atoms with van der Waals surface area (Å²) in [6.45, 7) is 3.88. The number of amides is 2. The zero-order chi connectivity index (χ0) is 17.6. The van der Waals surface area contributed by atoms with E-state index >= 15 is 0 Å². The van der Waals surface area contributed by atoms with Crippen LogP contribution in [0.1, 0.15) is 35.3 Å². The van der Waals surface area contributed by atoms with Crippen LogP contribution in [-0.2, 0) is 4.79 Å². The van der Waals surface area contributed by atoms with Crippen LogP contribution in [0.15, 0.2) is 48.8 Å². The van der Waals surface area contributed by atoms with Gasteiger partial charge in [-0.1, -0.05) is 19.1 Å². The van der Waals surface area contributed by atoms with Gasteiger partial charge in [0.25, 0.3) is 5.91 Å². The highest BCUT2D eigenvalue weighted by atomic mass is 16.2. The standard InChI is InChI=1S/C19H22N4O2/c1-2-18(24)22-16-7-3-5-14(11-16)19(25)23-10-9-21-13-17(23)15-6-4-8-20-12-15/h3-8,11-12,17,21H,2,9-10,13H2,1H3,(H,22,24). The molecule has 6 nitrogen and oxygen atoms in total. The highest BCUT2D eigenvalue weighted by Gasteiger charge is 2.28. The molecule has 1 aliphatic heterocycles. The van der Waals surface area contributed by atoms with E-state index in [9.17, 15) is 9.59 Å². The average molecular weight is 338 g/mol. The molecule has 1 aromatic carbocycles. The predicted octanol–water partition coefficient (Wildman–Crippen LogP) is 2.22. The maximum atomic E-state index is 13.1. The number of carbonyl (C=O) groups excluding carboxylic acids is 2. The van der Waals surface area contributed by atoms with E-state index in [4.69, 9.17) is 0 Å². The molecule has 3 rings (SSSR count). The fourth-order valence-electron chi connectivity index (χ4n) is 2.96. The van der Waals surface area contributed by atoms with Crippen LogP contribution in [0.3, 0.4) is 0 Å². The maximum Gasteiger partial charge on any atom is 0.254 e. The van der Waals surface area contributed by atoms with Gasteiger partial charge in [-0.25, -0.2) is 0 Å². The third-order valence-electron chi connectivity index (χ3n) is 4.29. The molecule has 0 radical (unpaired) electrons. The average Bonchev–Trinajstić information content (AvgIpc) is 2.68. The van der Waals surface area contributed by atoms with Crippen molar-refractivity contribution in [2.45, 2.75) is 19.4 Å². The quantitative estimate of drug-likeness (QED) is 0.896. The molecular formula is C19H22N4O2. The van der Waals surface area contributed by atoms with Gasteiger partial charge in [0.15, 0.2) is 0 Å². The zero-order valence-corrected chi connectivity index (χ0v) is 14.2. The summed E-state index contributed by atoms with van der Waals surface area (Å²) in [7, 11) is 0. The molecule has 0 bridgehead atoms. The number of pyridine rings is 1. The van der Waals surface area contributed by atoms with E-state index in [-0.39, 0.29) is 17.9 Å². The van der Waals surface area contributed by atoms with E-state index in [2.05, 4.69) is 15.6 Å². The first-order chi connectivity index (χ1) is 12.2. The fraction of sp³-hybridized carbons (Fsp3) is 0.316. The molecule has 0 aliphatic carbocycles. The van der Waals surface area contributed by atoms with Crippen molar-refractivity contribution in [2.24, 2.45) is 0 Å². The van der Waals surface area contributed by atoms with Crippen molar-refractivity contribution < 1.29 is 9.59 Å². The van der Waals surface area contributed by atoms with Gasteiger partial charge < -0.3 is 15.5 Å². The summed E-state index contributed by atoms with van der Waals surface area (Å²) in [6, 6.07) is 10.9. The first kappa shape index (κ1) is 17.1. The number of nitrogens with zero attached hydrogens (tertiary/aromatic N) is 2. The third-order valence-corrected chi connectivity index (χ3v) is 4.29. The monoisotopic (exact) mass is 338 g/mol. The van der Waals surface area contributed by atoms with Gasteiger partial charge in [-0.05, 0) is 29.8 Å². The van der Waals surface area contributed by atoms with Crippen LogP contribution in [-0.4, -0.2) is 41.3 Å². The van der Waals surface area contributed by atoms with Crippen molar-refractivity contribution >= 4 is 17.5 Å². The Labute approximate surface area is 147 Å². The van der Waals surface area contributed by atoms with E-state index in [0.717, 1.165) is 12.1 Å². The minimum Gasteiger partial charge on any atom is -0.329 e. The second kappa shape index (κ2) is 7.90. The number of carbonyl (C=O) groups is 2.